The summed E-state index contributed by atoms with van der Waals surface area (Å²) in [6.07, 6.45) is 1.04. The molecule has 0 aliphatic carbocycles. The summed E-state index contributed by atoms with van der Waals surface area (Å²) in [6.45, 7) is 3.81. The number of methoxy groups -OCH3 is 1. The lowest BCUT2D eigenvalue weighted by atomic mass is 9.92. The van der Waals surface area contributed by atoms with Crippen LogP contribution in [0.4, 0.5) is 14.5 Å². The number of ether oxygens (including phenoxy) is 1. The number of halogens is 2. The predicted octanol–water partition coefficient (Wildman–Crippen LogP) is 4.47. The minimum Gasteiger partial charge on any atom is -0.481 e. The van der Waals surface area contributed by atoms with E-state index in [0.717, 1.165) is 37.2 Å². The van der Waals surface area contributed by atoms with E-state index in [-0.39, 0.29) is 5.56 Å². The van der Waals surface area contributed by atoms with Crippen LogP contribution in [-0.2, 0) is 6.42 Å². The monoisotopic (exact) mass is 318 g/mol. The van der Waals surface area contributed by atoms with E-state index < -0.39 is 6.43 Å². The first kappa shape index (κ1) is 15.7. The molecule has 0 amide bonds. The zero-order valence-electron chi connectivity index (χ0n) is 13.4. The van der Waals surface area contributed by atoms with Crippen molar-refractivity contribution in [2.75, 3.05) is 25.1 Å². The number of fused-ring (bicyclic) bond motifs is 1. The lowest BCUT2D eigenvalue weighted by Crippen LogP contribution is -2.29. The predicted molar refractivity (Wildman–Crippen MR) is 87.4 cm³/mol. The molecule has 1 aromatic heterocycles. The molecule has 0 fully saturated rings. The van der Waals surface area contributed by atoms with E-state index >= 15 is 0 Å². The molecule has 0 saturated heterocycles. The molecule has 122 valence electrons. The average molecular weight is 318 g/mol. The number of hydrogen-bond acceptors (Lipinski definition) is 3. The highest BCUT2D eigenvalue weighted by Gasteiger charge is 2.22. The molecular weight excluding hydrogens is 298 g/mol. The van der Waals surface area contributed by atoms with Crippen LogP contribution in [0.3, 0.4) is 0 Å². The van der Waals surface area contributed by atoms with Gasteiger partial charge in [-0.3, -0.25) is 0 Å². The Kier molecular flexibility index (Phi) is 4.46. The van der Waals surface area contributed by atoms with Crippen LogP contribution in [0.5, 0.6) is 5.88 Å². The van der Waals surface area contributed by atoms with Crippen LogP contribution in [0.1, 0.15) is 30.9 Å². The molecule has 0 saturated carbocycles. The summed E-state index contributed by atoms with van der Waals surface area (Å²) in [5.74, 6) is 0.427. The van der Waals surface area contributed by atoms with Gasteiger partial charge >= 0.3 is 0 Å². The van der Waals surface area contributed by atoms with E-state index in [9.17, 15) is 8.78 Å². The summed E-state index contributed by atoms with van der Waals surface area (Å²) in [7, 11) is 1.52. The van der Waals surface area contributed by atoms with Crippen LogP contribution < -0.4 is 9.64 Å². The highest BCUT2D eigenvalue weighted by molar-refractivity contribution is 5.74. The van der Waals surface area contributed by atoms with Gasteiger partial charge in [-0.1, -0.05) is 0 Å². The van der Waals surface area contributed by atoms with Crippen LogP contribution >= 0.6 is 0 Å². The molecule has 0 atom stereocenters. The van der Waals surface area contributed by atoms with Crippen molar-refractivity contribution in [1.82, 2.24) is 4.98 Å². The van der Waals surface area contributed by atoms with E-state index in [2.05, 4.69) is 16.8 Å². The third-order valence-electron chi connectivity index (χ3n) is 4.34. The lowest BCUT2D eigenvalue weighted by molar-refractivity contribution is 0.152. The number of nitrogens with zero attached hydrogens (tertiary/aromatic N) is 2. The first-order chi connectivity index (χ1) is 11.1. The number of rotatable bonds is 4. The van der Waals surface area contributed by atoms with Crippen molar-refractivity contribution in [1.29, 1.82) is 0 Å². The number of hydrogen-bond donors (Lipinski definition) is 0. The third-order valence-corrected chi connectivity index (χ3v) is 4.34. The van der Waals surface area contributed by atoms with Crippen molar-refractivity contribution in [3.63, 3.8) is 0 Å². The van der Waals surface area contributed by atoms with Gasteiger partial charge in [0.25, 0.3) is 6.43 Å². The molecule has 1 aromatic carbocycles. The molecule has 0 spiro atoms. The smallest absolute Gasteiger partial charge is 0.264 e. The Labute approximate surface area is 134 Å². The number of aromatic nitrogens is 1. The summed E-state index contributed by atoms with van der Waals surface area (Å²) in [4.78, 5) is 6.22. The summed E-state index contributed by atoms with van der Waals surface area (Å²) in [6, 6.07) is 7.02. The van der Waals surface area contributed by atoms with Gasteiger partial charge in [0.05, 0.1) is 7.11 Å². The Balaban J connectivity index is 2.16. The van der Waals surface area contributed by atoms with Gasteiger partial charge in [0.1, 0.15) is 0 Å². The third kappa shape index (κ3) is 3.00. The van der Waals surface area contributed by atoms with Crippen LogP contribution in [-0.4, -0.2) is 25.2 Å². The van der Waals surface area contributed by atoms with E-state index in [1.54, 1.807) is 24.4 Å². The maximum atomic E-state index is 13.6. The van der Waals surface area contributed by atoms with E-state index in [4.69, 9.17) is 4.74 Å². The second kappa shape index (κ2) is 6.52. The highest BCUT2D eigenvalue weighted by atomic mass is 19.3. The first-order valence-corrected chi connectivity index (χ1v) is 7.84. The first-order valence-electron chi connectivity index (χ1n) is 7.84. The SMILES string of the molecule is CCN1CCCc2cc(-c3ccnc(OC)c3)c(C(F)F)cc21. The van der Waals surface area contributed by atoms with Crippen molar-refractivity contribution in [2.24, 2.45) is 0 Å². The minimum atomic E-state index is -2.52. The summed E-state index contributed by atoms with van der Waals surface area (Å²) in [5, 5.41) is 0. The number of aryl methyl sites for hydroxylation is 1. The van der Waals surface area contributed by atoms with E-state index in [1.807, 2.05) is 6.07 Å². The van der Waals surface area contributed by atoms with Crippen molar-refractivity contribution in [2.45, 2.75) is 26.2 Å². The number of pyridine rings is 1. The van der Waals surface area contributed by atoms with Crippen LogP contribution in [0.15, 0.2) is 30.5 Å². The van der Waals surface area contributed by atoms with Crippen molar-refractivity contribution < 1.29 is 13.5 Å². The van der Waals surface area contributed by atoms with Crippen LogP contribution in [0.25, 0.3) is 11.1 Å². The number of anilines is 1. The molecule has 1 aliphatic rings. The number of benzene rings is 1. The Morgan fingerprint density at radius 1 is 1.30 bits per heavy atom. The fourth-order valence-corrected chi connectivity index (χ4v) is 3.17. The fourth-order valence-electron chi connectivity index (χ4n) is 3.17. The summed E-state index contributed by atoms with van der Waals surface area (Å²) >= 11 is 0. The summed E-state index contributed by atoms with van der Waals surface area (Å²) in [5.41, 5.74) is 3.42. The maximum absolute atomic E-state index is 13.6. The van der Waals surface area contributed by atoms with Crippen molar-refractivity contribution in [3.05, 3.63) is 41.6 Å². The molecule has 23 heavy (non-hydrogen) atoms. The van der Waals surface area contributed by atoms with Gasteiger partial charge in [-0.15, -0.1) is 0 Å². The molecule has 5 heteroatoms. The Hall–Kier alpha value is -2.17. The van der Waals surface area contributed by atoms with Gasteiger partial charge in [0.15, 0.2) is 0 Å². The molecule has 3 nitrogen and oxygen atoms in total. The molecule has 3 rings (SSSR count). The summed E-state index contributed by atoms with van der Waals surface area (Å²) < 4.78 is 32.4. The van der Waals surface area contributed by atoms with Crippen LogP contribution in [0, 0.1) is 0 Å². The van der Waals surface area contributed by atoms with E-state index in [1.165, 1.54) is 7.11 Å². The fraction of sp³-hybridized carbons (Fsp3) is 0.389. The largest absolute Gasteiger partial charge is 0.481 e. The molecule has 2 aromatic rings. The topological polar surface area (TPSA) is 25.4 Å². The van der Waals surface area contributed by atoms with Crippen LogP contribution in [0.2, 0.25) is 0 Å². The van der Waals surface area contributed by atoms with Gasteiger partial charge in [0, 0.05) is 36.6 Å². The standard InChI is InChI=1S/C18H20F2N2O/c1-3-22-8-4-5-13-9-14(15(18(19)20)11-16(13)22)12-6-7-21-17(10-12)23-2/h6-7,9-11,18H,3-5,8H2,1-2H3. The average Bonchev–Trinajstić information content (AvgIpc) is 2.59. The van der Waals surface area contributed by atoms with Gasteiger partial charge in [0.2, 0.25) is 5.88 Å². The normalized spacial score (nSPS) is 14.0. The molecule has 0 radical (unpaired) electrons. The van der Waals surface area contributed by atoms with Crippen molar-refractivity contribution in [3.8, 4) is 17.0 Å². The lowest BCUT2D eigenvalue weighted by Gasteiger charge is -2.31. The van der Waals surface area contributed by atoms with Gasteiger partial charge in [-0.2, -0.15) is 0 Å². The zero-order valence-corrected chi connectivity index (χ0v) is 13.4. The molecule has 1 aliphatic heterocycles. The molecule has 0 N–H and O–H groups in total. The quantitative estimate of drug-likeness (QED) is 0.832. The Bertz CT molecular complexity index is 703. The molecule has 2 heterocycles. The highest BCUT2D eigenvalue weighted by Crippen LogP contribution is 2.39. The molecule has 0 bridgehead atoms. The maximum Gasteiger partial charge on any atom is 0.264 e. The Morgan fingerprint density at radius 2 is 2.13 bits per heavy atom. The second-order valence-corrected chi connectivity index (χ2v) is 5.64. The minimum absolute atomic E-state index is 0.0670. The Morgan fingerprint density at radius 3 is 2.83 bits per heavy atom. The molecule has 0 unspecified atom stereocenters. The zero-order chi connectivity index (χ0) is 16.4. The van der Waals surface area contributed by atoms with Gasteiger partial charge in [-0.05, 0) is 54.7 Å². The van der Waals surface area contributed by atoms with Gasteiger partial charge < -0.3 is 9.64 Å². The number of alkyl halides is 2. The van der Waals surface area contributed by atoms with E-state index in [0.29, 0.717) is 17.0 Å². The second-order valence-electron chi connectivity index (χ2n) is 5.64. The van der Waals surface area contributed by atoms with Gasteiger partial charge in [-0.25, -0.2) is 13.8 Å². The van der Waals surface area contributed by atoms with Crippen molar-refractivity contribution >= 4 is 5.69 Å². The molecular formula is C18H20F2N2O.